The molecule has 0 bridgehead atoms. The highest BCUT2D eigenvalue weighted by Gasteiger charge is 2.17. The Balaban J connectivity index is 2.64. The fraction of sp³-hybridized carbons (Fsp3) is 0.286. The summed E-state index contributed by atoms with van der Waals surface area (Å²) in [5, 5.41) is 19.9. The van der Waals surface area contributed by atoms with Crippen molar-refractivity contribution >= 4 is 18.0 Å². The topological polar surface area (TPSA) is 95.9 Å². The molecule has 1 aromatic rings. The van der Waals surface area contributed by atoms with E-state index < -0.39 is 17.9 Å². The maximum Gasteiger partial charge on any atom is 0.326 e. The Morgan fingerprint density at radius 3 is 2.80 bits per heavy atom. The van der Waals surface area contributed by atoms with Crippen LogP contribution in [0.1, 0.15) is 12.0 Å². The molecule has 1 amide bonds. The minimum Gasteiger partial charge on any atom is -0.497 e. The zero-order chi connectivity index (χ0) is 15.0. The van der Waals surface area contributed by atoms with Crippen molar-refractivity contribution in [2.75, 3.05) is 13.7 Å². The van der Waals surface area contributed by atoms with Crippen molar-refractivity contribution < 1.29 is 24.5 Å². The smallest absolute Gasteiger partial charge is 0.326 e. The van der Waals surface area contributed by atoms with Crippen LogP contribution in [0.2, 0.25) is 0 Å². The summed E-state index contributed by atoms with van der Waals surface area (Å²) in [4.78, 5) is 22.4. The molecule has 0 aliphatic carbocycles. The Hall–Kier alpha value is -2.34. The first-order valence-corrected chi connectivity index (χ1v) is 6.03. The molecule has 0 fully saturated rings. The quantitative estimate of drug-likeness (QED) is 0.637. The highest BCUT2D eigenvalue weighted by Crippen LogP contribution is 2.13. The Morgan fingerprint density at radius 2 is 2.20 bits per heavy atom. The van der Waals surface area contributed by atoms with E-state index in [4.69, 9.17) is 14.9 Å². The lowest BCUT2D eigenvalue weighted by Crippen LogP contribution is -2.40. The lowest BCUT2D eigenvalue weighted by atomic mass is 10.2. The second-order valence-electron chi connectivity index (χ2n) is 4.02. The minimum absolute atomic E-state index is 0.0337. The van der Waals surface area contributed by atoms with Crippen LogP contribution in [0.5, 0.6) is 5.75 Å². The van der Waals surface area contributed by atoms with Crippen LogP contribution in [0.25, 0.3) is 6.08 Å². The van der Waals surface area contributed by atoms with Crippen LogP contribution in [0.15, 0.2) is 30.3 Å². The first kappa shape index (κ1) is 15.7. The number of hydrogen-bond acceptors (Lipinski definition) is 4. The molecule has 0 aliphatic rings. The van der Waals surface area contributed by atoms with E-state index in [1.54, 1.807) is 37.5 Å². The van der Waals surface area contributed by atoms with Gasteiger partial charge in [0.1, 0.15) is 11.8 Å². The van der Waals surface area contributed by atoms with Gasteiger partial charge in [-0.2, -0.15) is 0 Å². The molecule has 0 heterocycles. The van der Waals surface area contributed by atoms with Crippen molar-refractivity contribution in [3.05, 3.63) is 35.9 Å². The summed E-state index contributed by atoms with van der Waals surface area (Å²) < 4.78 is 5.05. The van der Waals surface area contributed by atoms with Crippen molar-refractivity contribution in [3.63, 3.8) is 0 Å². The average molecular weight is 279 g/mol. The zero-order valence-electron chi connectivity index (χ0n) is 11.1. The Labute approximate surface area is 116 Å². The van der Waals surface area contributed by atoms with E-state index in [1.165, 1.54) is 6.08 Å². The van der Waals surface area contributed by atoms with Gasteiger partial charge in [-0.15, -0.1) is 0 Å². The summed E-state index contributed by atoms with van der Waals surface area (Å²) in [6.07, 6.45) is 2.76. The van der Waals surface area contributed by atoms with Crippen LogP contribution >= 0.6 is 0 Å². The first-order valence-electron chi connectivity index (χ1n) is 6.03. The van der Waals surface area contributed by atoms with Gasteiger partial charge in [0.2, 0.25) is 5.91 Å². The molecule has 1 rings (SSSR count). The first-order chi connectivity index (χ1) is 9.56. The number of methoxy groups -OCH3 is 1. The van der Waals surface area contributed by atoms with E-state index in [0.29, 0.717) is 5.75 Å². The zero-order valence-corrected chi connectivity index (χ0v) is 11.1. The van der Waals surface area contributed by atoms with Crippen LogP contribution < -0.4 is 10.1 Å². The molecule has 1 aromatic carbocycles. The lowest BCUT2D eigenvalue weighted by Gasteiger charge is -2.11. The van der Waals surface area contributed by atoms with Crippen molar-refractivity contribution in [3.8, 4) is 5.75 Å². The van der Waals surface area contributed by atoms with Crippen LogP contribution in [-0.4, -0.2) is 41.8 Å². The number of carbonyl (C=O) groups is 2. The largest absolute Gasteiger partial charge is 0.497 e. The average Bonchev–Trinajstić information content (AvgIpc) is 2.44. The molecule has 0 saturated heterocycles. The molecule has 0 radical (unpaired) electrons. The predicted molar refractivity (Wildman–Crippen MR) is 73.3 cm³/mol. The summed E-state index contributed by atoms with van der Waals surface area (Å²) in [6.45, 7) is -0.309. The summed E-state index contributed by atoms with van der Waals surface area (Å²) >= 11 is 0. The summed E-state index contributed by atoms with van der Waals surface area (Å²) in [6, 6.07) is 5.99. The molecule has 20 heavy (non-hydrogen) atoms. The van der Waals surface area contributed by atoms with E-state index in [-0.39, 0.29) is 13.0 Å². The monoisotopic (exact) mass is 279 g/mol. The highest BCUT2D eigenvalue weighted by atomic mass is 16.5. The highest BCUT2D eigenvalue weighted by molar-refractivity contribution is 5.94. The number of nitrogens with one attached hydrogen (secondary N) is 1. The normalized spacial score (nSPS) is 12.1. The molecule has 6 heteroatoms. The SMILES string of the molecule is COc1cccc(/C=C/C(=O)NC(CCO)C(=O)O)c1. The maximum atomic E-state index is 11.6. The molecular formula is C14H17NO5. The van der Waals surface area contributed by atoms with Crippen LogP contribution in [-0.2, 0) is 9.59 Å². The lowest BCUT2D eigenvalue weighted by molar-refractivity contribution is -0.141. The molecule has 1 atom stereocenters. The number of amides is 1. The van der Waals surface area contributed by atoms with Crippen LogP contribution in [0.4, 0.5) is 0 Å². The number of hydrogen-bond donors (Lipinski definition) is 3. The van der Waals surface area contributed by atoms with Gasteiger partial charge in [-0.1, -0.05) is 12.1 Å². The molecule has 0 aliphatic heterocycles. The van der Waals surface area contributed by atoms with Gasteiger partial charge >= 0.3 is 5.97 Å². The van der Waals surface area contributed by atoms with Crippen molar-refractivity contribution in [1.82, 2.24) is 5.32 Å². The van der Waals surface area contributed by atoms with Crippen LogP contribution in [0.3, 0.4) is 0 Å². The van der Waals surface area contributed by atoms with Gasteiger partial charge in [-0.25, -0.2) is 4.79 Å². The van der Waals surface area contributed by atoms with Crippen molar-refractivity contribution in [2.24, 2.45) is 0 Å². The second kappa shape index (κ2) is 7.96. The second-order valence-corrected chi connectivity index (χ2v) is 4.02. The maximum absolute atomic E-state index is 11.6. The van der Waals surface area contributed by atoms with Crippen molar-refractivity contribution in [2.45, 2.75) is 12.5 Å². The third-order valence-electron chi connectivity index (χ3n) is 2.55. The predicted octanol–water partition coefficient (Wildman–Crippen LogP) is 0.660. The van der Waals surface area contributed by atoms with Gasteiger partial charge in [0.05, 0.1) is 7.11 Å². The summed E-state index contributed by atoms with van der Waals surface area (Å²) in [5.74, 6) is -1.05. The number of aliphatic hydroxyl groups excluding tert-OH is 1. The van der Waals surface area contributed by atoms with E-state index in [1.807, 2.05) is 0 Å². The summed E-state index contributed by atoms with van der Waals surface area (Å²) in [5.41, 5.74) is 0.758. The minimum atomic E-state index is -1.18. The Morgan fingerprint density at radius 1 is 1.45 bits per heavy atom. The van der Waals surface area contributed by atoms with Gasteiger partial charge in [0.15, 0.2) is 0 Å². The fourth-order valence-corrected chi connectivity index (χ4v) is 1.52. The molecular weight excluding hydrogens is 262 g/mol. The number of carboxylic acids is 1. The number of benzene rings is 1. The third-order valence-corrected chi connectivity index (χ3v) is 2.55. The number of carbonyl (C=O) groups excluding carboxylic acids is 1. The van der Waals surface area contributed by atoms with E-state index in [9.17, 15) is 9.59 Å². The van der Waals surface area contributed by atoms with E-state index in [0.717, 1.165) is 5.56 Å². The van der Waals surface area contributed by atoms with Gasteiger partial charge in [-0.05, 0) is 23.8 Å². The molecule has 0 aromatic heterocycles. The number of rotatable bonds is 7. The molecule has 3 N–H and O–H groups in total. The number of aliphatic hydroxyl groups is 1. The molecule has 0 saturated carbocycles. The van der Waals surface area contributed by atoms with Gasteiger partial charge in [-0.3, -0.25) is 4.79 Å². The standard InChI is InChI=1S/C14H17NO5/c1-20-11-4-2-3-10(9-11)5-6-13(17)15-12(7-8-16)14(18)19/h2-6,9,12,16H,7-8H2,1H3,(H,15,17)(H,18,19)/b6-5+. The Kier molecular flexibility index (Phi) is 6.25. The fourth-order valence-electron chi connectivity index (χ4n) is 1.52. The van der Waals surface area contributed by atoms with Crippen molar-refractivity contribution in [1.29, 1.82) is 0 Å². The third kappa shape index (κ3) is 5.11. The molecule has 0 spiro atoms. The van der Waals surface area contributed by atoms with Gasteiger partial charge in [0.25, 0.3) is 0 Å². The number of carboxylic acid groups (broad SMARTS) is 1. The number of aliphatic carboxylic acids is 1. The molecule has 108 valence electrons. The van der Waals surface area contributed by atoms with Gasteiger partial charge < -0.3 is 20.3 Å². The molecule has 1 unspecified atom stereocenters. The van der Waals surface area contributed by atoms with Crippen LogP contribution in [0, 0.1) is 0 Å². The number of ether oxygens (including phenoxy) is 1. The van der Waals surface area contributed by atoms with E-state index in [2.05, 4.69) is 5.32 Å². The molecule has 6 nitrogen and oxygen atoms in total. The Bertz CT molecular complexity index is 498. The van der Waals surface area contributed by atoms with E-state index >= 15 is 0 Å². The van der Waals surface area contributed by atoms with Gasteiger partial charge in [0, 0.05) is 19.1 Å². The summed E-state index contributed by atoms with van der Waals surface area (Å²) in [7, 11) is 1.54.